The number of aromatic nitrogens is 1. The number of carbonyl (C=O) groups excluding carboxylic acids is 1. The van der Waals surface area contributed by atoms with Gasteiger partial charge in [-0.1, -0.05) is 0 Å². The van der Waals surface area contributed by atoms with Crippen LogP contribution in [0.3, 0.4) is 0 Å². The molecule has 0 saturated heterocycles. The summed E-state index contributed by atoms with van der Waals surface area (Å²) < 4.78 is 17.4. The molecule has 0 unspecified atom stereocenters. The second kappa shape index (κ2) is 6.17. The van der Waals surface area contributed by atoms with Crippen LogP contribution in [0.1, 0.15) is 16.8 Å². The lowest BCUT2D eigenvalue weighted by atomic mass is 10.2. The van der Waals surface area contributed by atoms with Gasteiger partial charge in [-0.3, -0.25) is 4.79 Å². The van der Waals surface area contributed by atoms with Crippen LogP contribution in [0.15, 0.2) is 18.3 Å². The average Bonchev–Trinajstić information content (AvgIpc) is 2.29. The van der Waals surface area contributed by atoms with Crippen LogP contribution < -0.4 is 0 Å². The van der Waals surface area contributed by atoms with Crippen molar-refractivity contribution in [3.8, 4) is 0 Å². The van der Waals surface area contributed by atoms with Crippen LogP contribution in [0, 0.1) is 5.95 Å². The first kappa shape index (κ1) is 12.6. The van der Waals surface area contributed by atoms with E-state index in [1.54, 1.807) is 19.1 Å². The smallest absolute Gasteiger partial charge is 0.255 e. The maximum Gasteiger partial charge on any atom is 0.255 e. The molecule has 5 heteroatoms. The molecule has 1 amide bonds. The molecule has 0 saturated carbocycles. The van der Waals surface area contributed by atoms with E-state index in [1.165, 1.54) is 18.3 Å². The van der Waals surface area contributed by atoms with Gasteiger partial charge in [0.05, 0.1) is 5.56 Å². The molecule has 0 radical (unpaired) electrons. The zero-order valence-electron chi connectivity index (χ0n) is 9.44. The third kappa shape index (κ3) is 3.58. The van der Waals surface area contributed by atoms with Crippen LogP contribution >= 0.6 is 0 Å². The fraction of sp³-hybridized carbons (Fsp3) is 0.455. The highest BCUT2D eigenvalue weighted by atomic mass is 19.1. The number of halogens is 1. The van der Waals surface area contributed by atoms with Gasteiger partial charge in [0.1, 0.15) is 0 Å². The number of hydrogen-bond acceptors (Lipinski definition) is 3. The number of ether oxygens (including phenoxy) is 1. The van der Waals surface area contributed by atoms with Crippen LogP contribution in [-0.4, -0.2) is 43.1 Å². The van der Waals surface area contributed by atoms with Crippen LogP contribution in [0.25, 0.3) is 0 Å². The van der Waals surface area contributed by atoms with E-state index in [1.807, 2.05) is 0 Å². The summed E-state index contributed by atoms with van der Waals surface area (Å²) in [5.41, 5.74) is 0.390. The third-order valence-electron chi connectivity index (χ3n) is 2.16. The summed E-state index contributed by atoms with van der Waals surface area (Å²) in [6.07, 6.45) is 2.01. The van der Waals surface area contributed by atoms with E-state index in [2.05, 4.69) is 4.98 Å². The molecule has 0 spiro atoms. The van der Waals surface area contributed by atoms with Crippen LogP contribution in [-0.2, 0) is 4.74 Å². The van der Waals surface area contributed by atoms with E-state index in [9.17, 15) is 9.18 Å². The van der Waals surface area contributed by atoms with E-state index in [4.69, 9.17) is 4.74 Å². The first-order valence-corrected chi connectivity index (χ1v) is 5.01. The topological polar surface area (TPSA) is 42.4 Å². The molecule has 88 valence electrons. The molecule has 1 aromatic rings. The van der Waals surface area contributed by atoms with Crippen molar-refractivity contribution in [2.45, 2.75) is 6.42 Å². The molecule has 0 aromatic carbocycles. The van der Waals surface area contributed by atoms with E-state index in [0.29, 0.717) is 18.7 Å². The van der Waals surface area contributed by atoms with Crippen molar-refractivity contribution >= 4 is 5.91 Å². The third-order valence-corrected chi connectivity index (χ3v) is 2.16. The van der Waals surface area contributed by atoms with Crippen molar-refractivity contribution in [2.24, 2.45) is 0 Å². The first-order valence-electron chi connectivity index (χ1n) is 5.01. The molecule has 16 heavy (non-hydrogen) atoms. The summed E-state index contributed by atoms with van der Waals surface area (Å²) in [7, 11) is 3.31. The predicted molar refractivity (Wildman–Crippen MR) is 57.6 cm³/mol. The average molecular weight is 226 g/mol. The number of amides is 1. The number of hydrogen-bond donors (Lipinski definition) is 0. The first-order chi connectivity index (χ1) is 7.65. The Kier molecular flexibility index (Phi) is 4.85. The Hall–Kier alpha value is -1.49. The summed E-state index contributed by atoms with van der Waals surface area (Å²) in [4.78, 5) is 16.8. The number of methoxy groups -OCH3 is 1. The van der Waals surface area contributed by atoms with E-state index < -0.39 is 5.95 Å². The maximum atomic E-state index is 12.5. The Bertz CT molecular complexity index is 340. The summed E-state index contributed by atoms with van der Waals surface area (Å²) in [5.74, 6) is -0.748. The van der Waals surface area contributed by atoms with E-state index >= 15 is 0 Å². The highest BCUT2D eigenvalue weighted by Gasteiger charge is 2.11. The van der Waals surface area contributed by atoms with Gasteiger partial charge in [0, 0.05) is 33.5 Å². The minimum atomic E-state index is -0.585. The number of carbonyl (C=O) groups is 1. The summed E-state index contributed by atoms with van der Waals surface area (Å²) >= 11 is 0. The van der Waals surface area contributed by atoms with Crippen LogP contribution in [0.2, 0.25) is 0 Å². The van der Waals surface area contributed by atoms with Crippen molar-refractivity contribution in [3.05, 3.63) is 29.8 Å². The molecule has 4 nitrogen and oxygen atoms in total. The Morgan fingerprint density at radius 1 is 1.56 bits per heavy atom. The fourth-order valence-corrected chi connectivity index (χ4v) is 1.27. The van der Waals surface area contributed by atoms with Crippen molar-refractivity contribution in [1.82, 2.24) is 9.88 Å². The predicted octanol–water partition coefficient (Wildman–Crippen LogP) is 1.33. The van der Waals surface area contributed by atoms with Crippen molar-refractivity contribution in [3.63, 3.8) is 0 Å². The van der Waals surface area contributed by atoms with Gasteiger partial charge >= 0.3 is 0 Å². The van der Waals surface area contributed by atoms with E-state index in [-0.39, 0.29) is 5.91 Å². The molecule has 0 aliphatic carbocycles. The lowest BCUT2D eigenvalue weighted by Crippen LogP contribution is -2.28. The van der Waals surface area contributed by atoms with Gasteiger partial charge in [-0.2, -0.15) is 4.39 Å². The number of pyridine rings is 1. The highest BCUT2D eigenvalue weighted by molar-refractivity contribution is 5.93. The van der Waals surface area contributed by atoms with Gasteiger partial charge in [0.2, 0.25) is 5.95 Å². The molecule has 0 aliphatic heterocycles. The molecule has 1 aromatic heterocycles. The second-order valence-electron chi connectivity index (χ2n) is 3.44. The standard InChI is InChI=1S/C11H15FN2O2/c1-14(6-3-7-16-2)11(15)9-4-5-10(12)13-8-9/h4-5,8H,3,6-7H2,1-2H3. The lowest BCUT2D eigenvalue weighted by Gasteiger charge is -2.16. The summed E-state index contributed by atoms with van der Waals surface area (Å²) in [6, 6.07) is 2.60. The molecular weight excluding hydrogens is 211 g/mol. The Balaban J connectivity index is 2.53. The Labute approximate surface area is 94.0 Å². The monoisotopic (exact) mass is 226 g/mol. The van der Waals surface area contributed by atoms with Crippen molar-refractivity contribution in [2.75, 3.05) is 27.3 Å². The zero-order chi connectivity index (χ0) is 12.0. The normalized spacial score (nSPS) is 10.2. The fourth-order valence-electron chi connectivity index (χ4n) is 1.27. The summed E-state index contributed by atoms with van der Waals surface area (Å²) in [5, 5.41) is 0. The van der Waals surface area contributed by atoms with Gasteiger partial charge in [-0.15, -0.1) is 0 Å². The SMILES string of the molecule is COCCCN(C)C(=O)c1ccc(F)nc1. The Morgan fingerprint density at radius 3 is 2.88 bits per heavy atom. The van der Waals surface area contributed by atoms with Crippen molar-refractivity contribution < 1.29 is 13.9 Å². The largest absolute Gasteiger partial charge is 0.385 e. The van der Waals surface area contributed by atoms with Gasteiger partial charge < -0.3 is 9.64 Å². The zero-order valence-corrected chi connectivity index (χ0v) is 9.44. The van der Waals surface area contributed by atoms with Gasteiger partial charge in [0.15, 0.2) is 0 Å². The molecule has 0 aliphatic rings. The second-order valence-corrected chi connectivity index (χ2v) is 3.44. The quantitative estimate of drug-likeness (QED) is 0.562. The molecule has 1 heterocycles. The van der Waals surface area contributed by atoms with Crippen LogP contribution in [0.4, 0.5) is 4.39 Å². The minimum absolute atomic E-state index is 0.163. The number of rotatable bonds is 5. The molecule has 0 atom stereocenters. The van der Waals surface area contributed by atoms with Crippen LogP contribution in [0.5, 0.6) is 0 Å². The Morgan fingerprint density at radius 2 is 2.31 bits per heavy atom. The minimum Gasteiger partial charge on any atom is -0.385 e. The molecule has 1 rings (SSSR count). The number of nitrogens with zero attached hydrogens (tertiary/aromatic N) is 2. The maximum absolute atomic E-state index is 12.5. The van der Waals surface area contributed by atoms with Gasteiger partial charge in [0.25, 0.3) is 5.91 Å². The molecule has 0 fully saturated rings. The van der Waals surface area contributed by atoms with E-state index in [0.717, 1.165) is 6.42 Å². The summed E-state index contributed by atoms with van der Waals surface area (Å²) in [6.45, 7) is 1.21. The molecular formula is C11H15FN2O2. The lowest BCUT2D eigenvalue weighted by molar-refractivity contribution is 0.0779. The molecule has 0 bridgehead atoms. The molecule has 0 N–H and O–H groups in total. The van der Waals surface area contributed by atoms with Gasteiger partial charge in [-0.25, -0.2) is 4.98 Å². The highest BCUT2D eigenvalue weighted by Crippen LogP contribution is 2.03. The van der Waals surface area contributed by atoms with Crippen molar-refractivity contribution in [1.29, 1.82) is 0 Å². The van der Waals surface area contributed by atoms with Gasteiger partial charge in [-0.05, 0) is 18.6 Å².